The van der Waals surface area contributed by atoms with Gasteiger partial charge in [-0.3, -0.25) is 4.98 Å². The van der Waals surface area contributed by atoms with Crippen molar-refractivity contribution in [2.75, 3.05) is 7.11 Å². The Labute approximate surface area is 76.7 Å². The van der Waals surface area contributed by atoms with Crippen LogP contribution in [0.25, 0.3) is 0 Å². The summed E-state index contributed by atoms with van der Waals surface area (Å²) >= 11 is 0. The molecule has 0 bridgehead atoms. The second kappa shape index (κ2) is 3.71. The minimum Gasteiger partial charge on any atom is -0.360 e. The zero-order chi connectivity index (χ0) is 9.90. The summed E-state index contributed by atoms with van der Waals surface area (Å²) in [4.78, 5) is 3.85. The van der Waals surface area contributed by atoms with Crippen LogP contribution in [-0.4, -0.2) is 20.5 Å². The van der Waals surface area contributed by atoms with Gasteiger partial charge >= 0.3 is 10.4 Å². The summed E-state index contributed by atoms with van der Waals surface area (Å²) in [5, 5.41) is 0. The molecule has 0 amide bonds. The Morgan fingerprint density at radius 2 is 2.08 bits per heavy atom. The molecule has 0 aliphatic carbocycles. The molecule has 0 saturated carbocycles. The predicted molar refractivity (Wildman–Crippen MR) is 45.5 cm³/mol. The molecule has 0 N–H and O–H groups in total. The Kier molecular flexibility index (Phi) is 2.84. The number of rotatable bonds is 3. The minimum atomic E-state index is -3.93. The fourth-order valence-corrected chi connectivity index (χ4v) is 1.06. The van der Waals surface area contributed by atoms with E-state index in [9.17, 15) is 8.42 Å². The molecule has 0 unspecified atom stereocenters. The third kappa shape index (κ3) is 3.00. The molecule has 1 rings (SSSR count). The van der Waals surface area contributed by atoms with Crippen molar-refractivity contribution in [3.05, 3.63) is 24.0 Å². The molecule has 0 fully saturated rings. The smallest absolute Gasteiger partial charge is 0.360 e. The third-order valence-corrected chi connectivity index (χ3v) is 2.09. The fourth-order valence-electron chi connectivity index (χ4n) is 0.655. The van der Waals surface area contributed by atoms with E-state index in [-0.39, 0.29) is 5.75 Å². The molecule has 0 spiro atoms. The first-order valence-corrected chi connectivity index (χ1v) is 4.79. The third-order valence-electron chi connectivity index (χ3n) is 1.29. The average molecular weight is 203 g/mol. The van der Waals surface area contributed by atoms with Crippen LogP contribution >= 0.6 is 0 Å². The van der Waals surface area contributed by atoms with E-state index in [0.29, 0.717) is 0 Å². The first kappa shape index (κ1) is 9.94. The quantitative estimate of drug-likeness (QED) is 0.722. The predicted octanol–water partition coefficient (Wildman–Crippen LogP) is 0.660. The van der Waals surface area contributed by atoms with Gasteiger partial charge in [0.05, 0.1) is 13.3 Å². The van der Waals surface area contributed by atoms with Gasteiger partial charge in [-0.25, -0.2) is 4.18 Å². The van der Waals surface area contributed by atoms with Crippen molar-refractivity contribution < 1.29 is 16.8 Å². The Bertz CT molecular complexity index is 370. The SMILES string of the molecule is COS(=O)(=O)Oc1ccc(C)nc1. The molecule has 1 heterocycles. The molecule has 5 nitrogen and oxygen atoms in total. The molecule has 0 saturated heterocycles. The van der Waals surface area contributed by atoms with Gasteiger partial charge in [-0.15, -0.1) is 0 Å². The van der Waals surface area contributed by atoms with E-state index in [4.69, 9.17) is 0 Å². The molecular weight excluding hydrogens is 194 g/mol. The average Bonchev–Trinajstić information content (AvgIpc) is 2.09. The second-order valence-electron chi connectivity index (χ2n) is 2.29. The van der Waals surface area contributed by atoms with E-state index in [1.807, 2.05) is 0 Å². The molecule has 0 aliphatic rings. The van der Waals surface area contributed by atoms with Crippen LogP contribution in [0.2, 0.25) is 0 Å². The van der Waals surface area contributed by atoms with Gasteiger partial charge in [-0.05, 0) is 19.1 Å². The van der Waals surface area contributed by atoms with Crippen LogP contribution in [0.1, 0.15) is 5.69 Å². The monoisotopic (exact) mass is 203 g/mol. The Hall–Kier alpha value is -1.14. The van der Waals surface area contributed by atoms with Crippen molar-refractivity contribution >= 4 is 10.4 Å². The standard InChI is InChI=1S/C7H9NO4S/c1-6-3-4-7(5-8-6)12-13(9,10)11-2/h3-5H,1-2H3. The van der Waals surface area contributed by atoms with Crippen LogP contribution in [0.4, 0.5) is 0 Å². The maximum atomic E-state index is 10.8. The molecule has 0 radical (unpaired) electrons. The Morgan fingerprint density at radius 3 is 2.54 bits per heavy atom. The lowest BCUT2D eigenvalue weighted by Crippen LogP contribution is -2.10. The number of aromatic nitrogens is 1. The minimum absolute atomic E-state index is 0.132. The van der Waals surface area contributed by atoms with Crippen molar-refractivity contribution in [1.82, 2.24) is 4.98 Å². The molecule has 0 aromatic carbocycles. The van der Waals surface area contributed by atoms with Crippen molar-refractivity contribution in [3.8, 4) is 5.75 Å². The number of nitrogens with zero attached hydrogens (tertiary/aromatic N) is 1. The normalized spacial score (nSPS) is 11.2. The lowest BCUT2D eigenvalue weighted by atomic mass is 10.4. The summed E-state index contributed by atoms with van der Waals surface area (Å²) in [6.07, 6.45) is 1.31. The lowest BCUT2D eigenvalue weighted by Gasteiger charge is -2.02. The molecule has 0 aliphatic heterocycles. The zero-order valence-corrected chi connectivity index (χ0v) is 8.04. The highest BCUT2D eigenvalue weighted by atomic mass is 32.3. The summed E-state index contributed by atoms with van der Waals surface area (Å²) in [5.74, 6) is 0.132. The Balaban J connectivity index is 2.82. The van der Waals surface area contributed by atoms with Gasteiger partial charge in [-0.2, -0.15) is 8.42 Å². The van der Waals surface area contributed by atoms with Gasteiger partial charge in [0.1, 0.15) is 0 Å². The van der Waals surface area contributed by atoms with Crippen LogP contribution in [0, 0.1) is 6.92 Å². The van der Waals surface area contributed by atoms with Gasteiger partial charge in [0, 0.05) is 5.69 Å². The number of aryl methyl sites for hydroxylation is 1. The van der Waals surface area contributed by atoms with E-state index >= 15 is 0 Å². The van der Waals surface area contributed by atoms with Crippen molar-refractivity contribution in [2.45, 2.75) is 6.92 Å². The van der Waals surface area contributed by atoms with Crippen LogP contribution in [0.15, 0.2) is 18.3 Å². The van der Waals surface area contributed by atoms with E-state index in [1.165, 1.54) is 12.3 Å². The van der Waals surface area contributed by atoms with Crippen LogP contribution in [0.3, 0.4) is 0 Å². The molecule has 1 aromatic heterocycles. The lowest BCUT2D eigenvalue weighted by molar-refractivity contribution is 0.330. The maximum absolute atomic E-state index is 10.8. The maximum Gasteiger partial charge on any atom is 0.448 e. The van der Waals surface area contributed by atoms with E-state index in [2.05, 4.69) is 13.4 Å². The van der Waals surface area contributed by atoms with Crippen LogP contribution in [0.5, 0.6) is 5.75 Å². The fraction of sp³-hybridized carbons (Fsp3) is 0.286. The van der Waals surface area contributed by atoms with E-state index in [0.717, 1.165) is 12.8 Å². The number of hydrogen-bond acceptors (Lipinski definition) is 5. The molecule has 1 aromatic rings. The molecular formula is C7H9NO4S. The summed E-state index contributed by atoms with van der Waals surface area (Å²) in [5.41, 5.74) is 0.780. The van der Waals surface area contributed by atoms with Crippen molar-refractivity contribution in [2.24, 2.45) is 0 Å². The second-order valence-corrected chi connectivity index (χ2v) is 3.61. The molecule has 13 heavy (non-hydrogen) atoms. The summed E-state index contributed by atoms with van der Waals surface area (Å²) in [7, 11) is -2.90. The van der Waals surface area contributed by atoms with Crippen molar-refractivity contribution in [3.63, 3.8) is 0 Å². The summed E-state index contributed by atoms with van der Waals surface area (Å²) < 4.78 is 30.2. The van der Waals surface area contributed by atoms with Gasteiger partial charge in [0.2, 0.25) is 0 Å². The first-order valence-electron chi connectivity index (χ1n) is 3.46. The van der Waals surface area contributed by atoms with Crippen LogP contribution in [-0.2, 0) is 14.6 Å². The highest BCUT2D eigenvalue weighted by Gasteiger charge is 2.10. The van der Waals surface area contributed by atoms with Gasteiger partial charge < -0.3 is 4.18 Å². The van der Waals surface area contributed by atoms with Crippen LogP contribution < -0.4 is 4.18 Å². The first-order chi connectivity index (χ1) is 6.03. The van der Waals surface area contributed by atoms with Gasteiger partial charge in [0.25, 0.3) is 0 Å². The molecule has 6 heteroatoms. The summed E-state index contributed by atoms with van der Waals surface area (Å²) in [6, 6.07) is 3.14. The summed E-state index contributed by atoms with van der Waals surface area (Å²) in [6.45, 7) is 1.79. The zero-order valence-electron chi connectivity index (χ0n) is 7.22. The topological polar surface area (TPSA) is 65.5 Å². The molecule has 72 valence electrons. The number of pyridine rings is 1. The highest BCUT2D eigenvalue weighted by Crippen LogP contribution is 2.11. The molecule has 0 atom stereocenters. The highest BCUT2D eigenvalue weighted by molar-refractivity contribution is 7.82. The Morgan fingerprint density at radius 1 is 1.38 bits per heavy atom. The van der Waals surface area contributed by atoms with E-state index in [1.54, 1.807) is 13.0 Å². The largest absolute Gasteiger partial charge is 0.448 e. The number of hydrogen-bond donors (Lipinski definition) is 0. The van der Waals surface area contributed by atoms with Gasteiger partial charge in [-0.1, -0.05) is 0 Å². The van der Waals surface area contributed by atoms with Gasteiger partial charge in [0.15, 0.2) is 5.75 Å². The van der Waals surface area contributed by atoms with Crippen molar-refractivity contribution in [1.29, 1.82) is 0 Å². The van der Waals surface area contributed by atoms with E-state index < -0.39 is 10.4 Å².